The van der Waals surface area contributed by atoms with E-state index in [0.717, 1.165) is 11.3 Å². The van der Waals surface area contributed by atoms with Crippen molar-refractivity contribution in [3.05, 3.63) is 29.8 Å². The Morgan fingerprint density at radius 2 is 2.15 bits per heavy atom. The number of nitrogens with zero attached hydrogens (tertiary/aromatic N) is 1. The third kappa shape index (κ3) is 4.18. The quantitative estimate of drug-likeness (QED) is 0.578. The number of thiocarbonyl (C=S) groups is 1. The van der Waals surface area contributed by atoms with Crippen LogP contribution >= 0.6 is 12.2 Å². The molecule has 1 unspecified atom stereocenters. The third-order valence-corrected chi connectivity index (χ3v) is 3.34. The molecule has 3 N–H and O–H groups in total. The van der Waals surface area contributed by atoms with Crippen LogP contribution in [0.3, 0.4) is 0 Å². The monoisotopic (exact) mass is 295 g/mol. The molecular formula is C14H21N3O2S. The van der Waals surface area contributed by atoms with Gasteiger partial charge in [-0.15, -0.1) is 0 Å². The van der Waals surface area contributed by atoms with E-state index in [9.17, 15) is 4.79 Å². The molecule has 0 aliphatic rings. The summed E-state index contributed by atoms with van der Waals surface area (Å²) >= 11 is 5.04. The number of nitrogens with two attached hydrogens (primary N) is 1. The van der Waals surface area contributed by atoms with Crippen LogP contribution in [0.2, 0.25) is 0 Å². The largest absolute Gasteiger partial charge is 0.389 e. The number of ether oxygens (including phenoxy) is 1. The summed E-state index contributed by atoms with van der Waals surface area (Å²) in [6, 6.07) is 7.18. The van der Waals surface area contributed by atoms with Gasteiger partial charge in [0.2, 0.25) is 5.91 Å². The van der Waals surface area contributed by atoms with Crippen molar-refractivity contribution in [3.63, 3.8) is 0 Å². The Labute approximate surface area is 125 Å². The molecule has 6 heteroatoms. The van der Waals surface area contributed by atoms with E-state index >= 15 is 0 Å². The number of amides is 1. The number of nitrogens with one attached hydrogen (secondary N) is 1. The summed E-state index contributed by atoms with van der Waals surface area (Å²) in [7, 11) is 3.44. The zero-order valence-electron chi connectivity index (χ0n) is 12.1. The Kier molecular flexibility index (Phi) is 6.41. The van der Waals surface area contributed by atoms with Crippen LogP contribution in [0, 0.1) is 0 Å². The maximum atomic E-state index is 12.0. The van der Waals surface area contributed by atoms with Crippen molar-refractivity contribution >= 4 is 28.8 Å². The molecule has 0 saturated carbocycles. The molecule has 0 spiro atoms. The number of carbonyl (C=O) groups excluding carboxylic acids is 1. The fourth-order valence-corrected chi connectivity index (χ4v) is 1.97. The Morgan fingerprint density at radius 1 is 1.50 bits per heavy atom. The fourth-order valence-electron chi connectivity index (χ4n) is 1.80. The smallest absolute Gasteiger partial charge is 0.242 e. The van der Waals surface area contributed by atoms with Crippen LogP contribution in [-0.2, 0) is 9.53 Å². The molecule has 0 radical (unpaired) electrons. The second-order valence-electron chi connectivity index (χ2n) is 4.45. The lowest BCUT2D eigenvalue weighted by molar-refractivity contribution is -0.122. The van der Waals surface area contributed by atoms with Crippen molar-refractivity contribution in [1.82, 2.24) is 5.32 Å². The van der Waals surface area contributed by atoms with Crippen molar-refractivity contribution < 1.29 is 9.53 Å². The number of benzene rings is 1. The molecule has 5 nitrogen and oxygen atoms in total. The number of likely N-dealkylation sites (N-methyl/N-ethyl adjacent to an activating group) is 1. The molecule has 1 aromatic carbocycles. The number of carbonyl (C=O) groups is 1. The molecule has 0 heterocycles. The summed E-state index contributed by atoms with van der Waals surface area (Å²) < 4.78 is 4.91. The minimum atomic E-state index is -0.331. The van der Waals surface area contributed by atoms with Crippen molar-refractivity contribution in [2.45, 2.75) is 13.0 Å². The van der Waals surface area contributed by atoms with E-state index in [4.69, 9.17) is 22.7 Å². The number of anilines is 1. The summed E-state index contributed by atoms with van der Waals surface area (Å²) in [6.45, 7) is 2.81. The second-order valence-corrected chi connectivity index (χ2v) is 4.89. The number of hydrogen-bond acceptors (Lipinski definition) is 4. The van der Waals surface area contributed by atoms with Gasteiger partial charge in [0.15, 0.2) is 0 Å². The Hall–Kier alpha value is -1.66. The van der Waals surface area contributed by atoms with E-state index < -0.39 is 0 Å². The van der Waals surface area contributed by atoms with Crippen LogP contribution in [0.15, 0.2) is 24.3 Å². The van der Waals surface area contributed by atoms with Gasteiger partial charge in [-0.3, -0.25) is 4.79 Å². The highest BCUT2D eigenvalue weighted by atomic mass is 32.1. The van der Waals surface area contributed by atoms with Gasteiger partial charge in [-0.2, -0.15) is 0 Å². The lowest BCUT2D eigenvalue weighted by Gasteiger charge is -2.28. The van der Waals surface area contributed by atoms with Gasteiger partial charge in [-0.1, -0.05) is 24.4 Å². The van der Waals surface area contributed by atoms with Gasteiger partial charge >= 0.3 is 0 Å². The number of hydrogen-bond donors (Lipinski definition) is 2. The Bertz CT molecular complexity index is 479. The topological polar surface area (TPSA) is 67.6 Å². The first-order valence-electron chi connectivity index (χ1n) is 6.37. The van der Waals surface area contributed by atoms with E-state index in [1.54, 1.807) is 7.11 Å². The van der Waals surface area contributed by atoms with Crippen molar-refractivity contribution in [3.8, 4) is 0 Å². The highest BCUT2D eigenvalue weighted by Gasteiger charge is 2.20. The predicted octanol–water partition coefficient (Wildman–Crippen LogP) is 0.908. The van der Waals surface area contributed by atoms with Gasteiger partial charge in [0.05, 0.1) is 6.61 Å². The first kappa shape index (κ1) is 16.4. The first-order chi connectivity index (χ1) is 9.49. The van der Waals surface area contributed by atoms with Crippen LogP contribution < -0.4 is 16.0 Å². The minimum Gasteiger partial charge on any atom is -0.389 e. The maximum absolute atomic E-state index is 12.0. The van der Waals surface area contributed by atoms with Gasteiger partial charge in [-0.25, -0.2) is 0 Å². The number of rotatable bonds is 7. The van der Waals surface area contributed by atoms with E-state index in [0.29, 0.717) is 18.1 Å². The average Bonchev–Trinajstić information content (AvgIpc) is 2.45. The molecule has 0 fully saturated rings. The summed E-state index contributed by atoms with van der Waals surface area (Å²) in [5.41, 5.74) is 7.32. The molecule has 1 rings (SSSR count). The normalized spacial score (nSPS) is 11.8. The van der Waals surface area contributed by atoms with Gasteiger partial charge in [-0.05, 0) is 19.1 Å². The highest BCUT2D eigenvalue weighted by Crippen LogP contribution is 2.21. The Morgan fingerprint density at radius 3 is 2.75 bits per heavy atom. The first-order valence-corrected chi connectivity index (χ1v) is 6.78. The lowest BCUT2D eigenvalue weighted by Crippen LogP contribution is -2.44. The lowest BCUT2D eigenvalue weighted by atomic mass is 10.1. The highest BCUT2D eigenvalue weighted by molar-refractivity contribution is 7.80. The average molecular weight is 295 g/mol. The summed E-state index contributed by atoms with van der Waals surface area (Å²) in [6.07, 6.45) is 0. The van der Waals surface area contributed by atoms with Crippen LogP contribution in [-0.4, -0.2) is 44.2 Å². The van der Waals surface area contributed by atoms with Gasteiger partial charge in [0.1, 0.15) is 11.0 Å². The van der Waals surface area contributed by atoms with Crippen LogP contribution in [0.25, 0.3) is 0 Å². The van der Waals surface area contributed by atoms with Gasteiger partial charge in [0, 0.05) is 32.0 Å². The van der Waals surface area contributed by atoms with Crippen LogP contribution in [0.4, 0.5) is 5.69 Å². The SMILES string of the molecule is COCCNC(=O)C(C)N(C)c1ccccc1C(N)=S. The molecule has 110 valence electrons. The van der Waals surface area contributed by atoms with E-state index in [1.165, 1.54) is 0 Å². The fraction of sp³-hybridized carbons (Fsp3) is 0.429. The van der Waals surface area contributed by atoms with E-state index in [-0.39, 0.29) is 11.9 Å². The Balaban J connectivity index is 2.81. The molecule has 1 aromatic rings. The predicted molar refractivity (Wildman–Crippen MR) is 85.1 cm³/mol. The molecule has 1 atom stereocenters. The molecule has 0 bridgehead atoms. The standard InChI is InChI=1S/C14H21N3O2S/c1-10(14(18)16-8-9-19-3)17(2)12-7-5-4-6-11(12)13(15)20/h4-7,10H,8-9H2,1-3H3,(H2,15,20)(H,16,18). The number of para-hydroxylation sites is 1. The van der Waals surface area contributed by atoms with Crippen molar-refractivity contribution in [2.24, 2.45) is 5.73 Å². The second kappa shape index (κ2) is 7.81. The zero-order valence-corrected chi connectivity index (χ0v) is 12.9. The molecule has 0 aliphatic carbocycles. The molecule has 0 aromatic heterocycles. The van der Waals surface area contributed by atoms with Gasteiger partial charge < -0.3 is 20.7 Å². The number of methoxy groups -OCH3 is 1. The van der Waals surface area contributed by atoms with E-state index in [2.05, 4.69) is 5.32 Å². The summed E-state index contributed by atoms with van der Waals surface area (Å²) in [5, 5.41) is 2.81. The molecule has 0 saturated heterocycles. The summed E-state index contributed by atoms with van der Waals surface area (Å²) in [4.78, 5) is 14.2. The molecular weight excluding hydrogens is 274 g/mol. The summed E-state index contributed by atoms with van der Waals surface area (Å²) in [5.74, 6) is -0.0673. The molecule has 20 heavy (non-hydrogen) atoms. The maximum Gasteiger partial charge on any atom is 0.242 e. The van der Waals surface area contributed by atoms with Crippen LogP contribution in [0.1, 0.15) is 12.5 Å². The molecule has 1 amide bonds. The molecule has 0 aliphatic heterocycles. The van der Waals surface area contributed by atoms with E-state index in [1.807, 2.05) is 43.1 Å². The van der Waals surface area contributed by atoms with Gasteiger partial charge in [0.25, 0.3) is 0 Å². The van der Waals surface area contributed by atoms with Crippen molar-refractivity contribution in [2.75, 3.05) is 32.2 Å². The zero-order chi connectivity index (χ0) is 15.1. The third-order valence-electron chi connectivity index (χ3n) is 3.12. The minimum absolute atomic E-state index is 0.0673. The van der Waals surface area contributed by atoms with Crippen molar-refractivity contribution in [1.29, 1.82) is 0 Å². The van der Waals surface area contributed by atoms with Crippen LogP contribution in [0.5, 0.6) is 0 Å².